The second kappa shape index (κ2) is 7.98. The molecule has 1 amide bonds. The van der Waals surface area contributed by atoms with Crippen molar-refractivity contribution in [1.29, 1.82) is 0 Å². The van der Waals surface area contributed by atoms with E-state index < -0.39 is 0 Å². The molecule has 0 saturated carbocycles. The molecule has 1 N–H and O–H groups in total. The van der Waals surface area contributed by atoms with Crippen molar-refractivity contribution in [3.05, 3.63) is 66.4 Å². The molecule has 0 aliphatic heterocycles. The van der Waals surface area contributed by atoms with Gasteiger partial charge in [0.25, 0.3) is 5.91 Å². The Morgan fingerprint density at radius 3 is 2.70 bits per heavy atom. The number of aromatic nitrogens is 1. The Kier molecular flexibility index (Phi) is 5.74. The van der Waals surface area contributed by atoms with Crippen LogP contribution in [0.1, 0.15) is 15.9 Å². The van der Waals surface area contributed by atoms with Gasteiger partial charge in [-0.25, -0.2) is 4.98 Å². The number of carbonyl (C=O) groups is 1. The molecule has 1 aromatic heterocycles. The van der Waals surface area contributed by atoms with Crippen LogP contribution in [0.5, 0.6) is 5.75 Å². The Hall–Kier alpha value is -2.82. The second-order valence-electron chi connectivity index (χ2n) is 5.19. The zero-order valence-electron chi connectivity index (χ0n) is 13.5. The van der Waals surface area contributed by atoms with Gasteiger partial charge < -0.3 is 15.0 Å². The number of hydrogen-bond acceptors (Lipinski definition) is 4. The highest BCUT2D eigenvalue weighted by atomic mass is 16.5. The van der Waals surface area contributed by atoms with E-state index >= 15 is 0 Å². The summed E-state index contributed by atoms with van der Waals surface area (Å²) in [4.78, 5) is 18.5. The van der Waals surface area contributed by atoms with Crippen LogP contribution in [0.15, 0.2) is 55.3 Å². The number of anilines is 1. The van der Waals surface area contributed by atoms with Crippen LogP contribution in [-0.2, 0) is 6.54 Å². The minimum absolute atomic E-state index is 0.131. The smallest absolute Gasteiger partial charge is 0.251 e. The lowest BCUT2D eigenvalue weighted by molar-refractivity contribution is 0.0951. The first kappa shape index (κ1) is 16.5. The quantitative estimate of drug-likeness (QED) is 0.799. The zero-order valence-corrected chi connectivity index (χ0v) is 13.5. The van der Waals surface area contributed by atoms with E-state index in [-0.39, 0.29) is 5.91 Å². The van der Waals surface area contributed by atoms with Crippen LogP contribution in [0.3, 0.4) is 0 Å². The molecule has 0 unspecified atom stereocenters. The Morgan fingerprint density at radius 2 is 2.04 bits per heavy atom. The van der Waals surface area contributed by atoms with Crippen LogP contribution >= 0.6 is 0 Å². The van der Waals surface area contributed by atoms with Crippen molar-refractivity contribution in [2.75, 3.05) is 25.6 Å². The Morgan fingerprint density at radius 1 is 1.30 bits per heavy atom. The average molecular weight is 311 g/mol. The normalized spacial score (nSPS) is 10.0. The van der Waals surface area contributed by atoms with E-state index in [9.17, 15) is 4.79 Å². The molecule has 0 aliphatic rings. The molecule has 1 heterocycles. The summed E-state index contributed by atoms with van der Waals surface area (Å²) in [6.45, 7) is 4.47. The molecule has 5 nitrogen and oxygen atoms in total. The van der Waals surface area contributed by atoms with E-state index in [1.807, 2.05) is 31.1 Å². The molecule has 0 radical (unpaired) electrons. The molecular weight excluding hydrogens is 290 g/mol. The van der Waals surface area contributed by atoms with Crippen LogP contribution in [-0.4, -0.2) is 31.6 Å². The Bertz CT molecular complexity index is 666. The van der Waals surface area contributed by atoms with Crippen LogP contribution in [0, 0.1) is 0 Å². The molecule has 0 saturated heterocycles. The van der Waals surface area contributed by atoms with Gasteiger partial charge in [-0.05, 0) is 30.3 Å². The molecule has 0 fully saturated rings. The maximum atomic E-state index is 12.2. The summed E-state index contributed by atoms with van der Waals surface area (Å²) in [5.41, 5.74) is 1.56. The fourth-order valence-corrected chi connectivity index (χ4v) is 2.11. The van der Waals surface area contributed by atoms with Crippen molar-refractivity contribution in [2.24, 2.45) is 0 Å². The van der Waals surface area contributed by atoms with Gasteiger partial charge in [0.2, 0.25) is 0 Å². The van der Waals surface area contributed by atoms with Gasteiger partial charge in [0.1, 0.15) is 18.2 Å². The van der Waals surface area contributed by atoms with E-state index in [2.05, 4.69) is 16.9 Å². The minimum Gasteiger partial charge on any atom is -0.490 e. The van der Waals surface area contributed by atoms with Gasteiger partial charge in [-0.3, -0.25) is 4.79 Å². The molecular formula is C18H21N3O2. The molecule has 0 spiro atoms. The highest BCUT2D eigenvalue weighted by Crippen LogP contribution is 2.15. The molecule has 0 bridgehead atoms. The minimum atomic E-state index is -0.131. The van der Waals surface area contributed by atoms with Crippen LogP contribution < -0.4 is 15.0 Å². The number of ether oxygens (including phenoxy) is 1. The summed E-state index contributed by atoms with van der Waals surface area (Å²) in [6.07, 6.45) is 3.42. The number of nitrogens with one attached hydrogen (secondary N) is 1. The van der Waals surface area contributed by atoms with Crippen LogP contribution in [0.25, 0.3) is 0 Å². The summed E-state index contributed by atoms with van der Waals surface area (Å²) in [6, 6.07) is 10.8. The standard InChI is InChI=1S/C18H21N3O2/c1-4-12-23-16-9-7-14(8-10-16)18(22)20-13-15-6-5-11-19-17(15)21(2)3/h4-11H,1,12-13H2,2-3H3,(H,20,22). The third kappa shape index (κ3) is 4.57. The summed E-state index contributed by atoms with van der Waals surface area (Å²) in [7, 11) is 3.85. The predicted octanol–water partition coefficient (Wildman–Crippen LogP) is 2.64. The van der Waals surface area contributed by atoms with Crippen LogP contribution in [0.4, 0.5) is 5.82 Å². The second-order valence-corrected chi connectivity index (χ2v) is 5.19. The van der Waals surface area contributed by atoms with E-state index in [1.165, 1.54) is 0 Å². The number of carbonyl (C=O) groups excluding carboxylic acids is 1. The fourth-order valence-electron chi connectivity index (χ4n) is 2.11. The molecule has 0 aliphatic carbocycles. The fraction of sp³-hybridized carbons (Fsp3) is 0.222. The third-order valence-electron chi connectivity index (χ3n) is 3.21. The molecule has 120 valence electrons. The van der Waals surface area contributed by atoms with Gasteiger partial charge in [0.15, 0.2) is 0 Å². The van der Waals surface area contributed by atoms with Gasteiger partial charge in [-0.15, -0.1) is 0 Å². The topological polar surface area (TPSA) is 54.5 Å². The monoisotopic (exact) mass is 311 g/mol. The highest BCUT2D eigenvalue weighted by Gasteiger charge is 2.09. The zero-order chi connectivity index (χ0) is 16.7. The Balaban J connectivity index is 1.98. The average Bonchev–Trinajstić information content (AvgIpc) is 2.58. The number of hydrogen-bond donors (Lipinski definition) is 1. The van der Waals surface area contributed by atoms with E-state index in [4.69, 9.17) is 4.74 Å². The van der Waals surface area contributed by atoms with Crippen LogP contribution in [0.2, 0.25) is 0 Å². The molecule has 0 atom stereocenters. The lowest BCUT2D eigenvalue weighted by Gasteiger charge is -2.16. The van der Waals surface area contributed by atoms with E-state index in [1.54, 1.807) is 36.5 Å². The molecule has 5 heteroatoms. The van der Waals surface area contributed by atoms with Gasteiger partial charge in [-0.2, -0.15) is 0 Å². The first-order valence-corrected chi connectivity index (χ1v) is 7.35. The van der Waals surface area contributed by atoms with Gasteiger partial charge in [0, 0.05) is 38.0 Å². The molecule has 1 aromatic carbocycles. The molecule has 23 heavy (non-hydrogen) atoms. The summed E-state index contributed by atoms with van der Waals surface area (Å²) in [5.74, 6) is 1.43. The number of amides is 1. The van der Waals surface area contributed by atoms with Crippen molar-refractivity contribution in [1.82, 2.24) is 10.3 Å². The maximum Gasteiger partial charge on any atom is 0.251 e. The van der Waals surface area contributed by atoms with Gasteiger partial charge in [-0.1, -0.05) is 18.7 Å². The molecule has 2 aromatic rings. The van der Waals surface area contributed by atoms with Crippen molar-refractivity contribution < 1.29 is 9.53 Å². The number of benzene rings is 1. The van der Waals surface area contributed by atoms with Crippen molar-refractivity contribution in [3.63, 3.8) is 0 Å². The van der Waals surface area contributed by atoms with E-state index in [0.717, 1.165) is 11.4 Å². The van der Waals surface area contributed by atoms with Gasteiger partial charge >= 0.3 is 0 Å². The lowest BCUT2D eigenvalue weighted by Crippen LogP contribution is -2.24. The Labute approximate surface area is 136 Å². The molecule has 2 rings (SSSR count). The first-order chi connectivity index (χ1) is 11.1. The van der Waals surface area contributed by atoms with Gasteiger partial charge in [0.05, 0.1) is 0 Å². The lowest BCUT2D eigenvalue weighted by atomic mass is 10.2. The predicted molar refractivity (Wildman–Crippen MR) is 91.9 cm³/mol. The number of nitrogens with zero attached hydrogens (tertiary/aromatic N) is 2. The third-order valence-corrected chi connectivity index (χ3v) is 3.21. The highest BCUT2D eigenvalue weighted by molar-refractivity contribution is 5.94. The van der Waals surface area contributed by atoms with Crippen molar-refractivity contribution in [2.45, 2.75) is 6.54 Å². The summed E-state index contributed by atoms with van der Waals surface area (Å²) in [5, 5.41) is 2.91. The van der Waals surface area contributed by atoms with Crippen molar-refractivity contribution >= 4 is 11.7 Å². The maximum absolute atomic E-state index is 12.2. The summed E-state index contributed by atoms with van der Waals surface area (Å²) < 4.78 is 5.40. The van der Waals surface area contributed by atoms with E-state index in [0.29, 0.717) is 24.5 Å². The number of rotatable bonds is 7. The SMILES string of the molecule is C=CCOc1ccc(C(=O)NCc2cccnc2N(C)C)cc1. The van der Waals surface area contributed by atoms with Crippen molar-refractivity contribution in [3.8, 4) is 5.75 Å². The largest absolute Gasteiger partial charge is 0.490 e. The summed E-state index contributed by atoms with van der Waals surface area (Å²) >= 11 is 0. The number of pyridine rings is 1. The first-order valence-electron chi connectivity index (χ1n) is 7.35.